The predicted octanol–water partition coefficient (Wildman–Crippen LogP) is 3.09. The van der Waals surface area contributed by atoms with Crippen LogP contribution in [-0.4, -0.2) is 15.5 Å². The van der Waals surface area contributed by atoms with E-state index in [1.165, 1.54) is 4.57 Å². The number of hydrogen-bond donors (Lipinski definition) is 1. The first-order chi connectivity index (χ1) is 12.1. The van der Waals surface area contributed by atoms with Gasteiger partial charge >= 0.3 is 5.76 Å². The number of aromatic nitrogens is 2. The second kappa shape index (κ2) is 5.90. The fourth-order valence-electron chi connectivity index (χ4n) is 2.91. The zero-order chi connectivity index (χ0) is 17.4. The lowest BCUT2D eigenvalue weighted by Gasteiger charge is -2.10. The van der Waals surface area contributed by atoms with Crippen LogP contribution in [0, 0.1) is 6.92 Å². The van der Waals surface area contributed by atoms with Crippen molar-refractivity contribution in [1.29, 1.82) is 0 Å². The number of carbonyl (C=O) groups is 1. The van der Waals surface area contributed by atoms with Crippen LogP contribution >= 0.6 is 0 Å². The van der Waals surface area contributed by atoms with Crippen molar-refractivity contribution < 1.29 is 9.21 Å². The van der Waals surface area contributed by atoms with Crippen molar-refractivity contribution in [3.63, 3.8) is 0 Å². The largest absolute Gasteiger partial charge is 0.420 e. The van der Waals surface area contributed by atoms with Crippen LogP contribution in [0.3, 0.4) is 0 Å². The van der Waals surface area contributed by atoms with Gasteiger partial charge in [0.2, 0.25) is 5.91 Å². The van der Waals surface area contributed by atoms with Crippen LogP contribution in [0.15, 0.2) is 63.8 Å². The summed E-state index contributed by atoms with van der Waals surface area (Å²) in [6.45, 7) is 1.75. The molecule has 0 spiro atoms. The number of nitrogens with zero attached hydrogens (tertiary/aromatic N) is 2. The quantitative estimate of drug-likeness (QED) is 0.625. The van der Waals surface area contributed by atoms with E-state index in [0.29, 0.717) is 16.8 Å². The van der Waals surface area contributed by atoms with E-state index in [2.05, 4.69) is 10.3 Å². The average Bonchev–Trinajstić information content (AvgIpc) is 2.90. The molecule has 2 aromatic carbocycles. The van der Waals surface area contributed by atoms with Gasteiger partial charge in [0.25, 0.3) is 0 Å². The number of hydrogen-bond acceptors (Lipinski definition) is 4. The molecule has 0 bridgehead atoms. The number of rotatable bonds is 3. The lowest BCUT2D eigenvalue weighted by Crippen LogP contribution is -2.24. The maximum Gasteiger partial charge on any atom is 0.420 e. The van der Waals surface area contributed by atoms with Gasteiger partial charge in [0, 0.05) is 11.1 Å². The highest BCUT2D eigenvalue weighted by Gasteiger charge is 2.13. The molecular formula is C19H15N3O3. The van der Waals surface area contributed by atoms with E-state index in [0.717, 1.165) is 16.6 Å². The zero-order valence-electron chi connectivity index (χ0n) is 13.5. The lowest BCUT2D eigenvalue weighted by molar-refractivity contribution is -0.116. The van der Waals surface area contributed by atoms with Crippen LogP contribution in [0.2, 0.25) is 0 Å². The molecule has 0 saturated heterocycles. The van der Waals surface area contributed by atoms with E-state index in [9.17, 15) is 9.59 Å². The molecule has 2 aromatic heterocycles. The highest BCUT2D eigenvalue weighted by atomic mass is 16.4. The van der Waals surface area contributed by atoms with Gasteiger partial charge in [-0.2, -0.15) is 0 Å². The fourth-order valence-corrected chi connectivity index (χ4v) is 2.91. The van der Waals surface area contributed by atoms with Gasteiger partial charge in [-0.25, -0.2) is 4.79 Å². The molecular weight excluding hydrogens is 318 g/mol. The summed E-state index contributed by atoms with van der Waals surface area (Å²) in [7, 11) is 0. The van der Waals surface area contributed by atoms with Crippen molar-refractivity contribution in [3.8, 4) is 0 Å². The number of benzene rings is 2. The summed E-state index contributed by atoms with van der Waals surface area (Å²) in [6, 6.07) is 16.4. The Balaban J connectivity index is 1.67. The van der Waals surface area contributed by atoms with Gasteiger partial charge in [-0.15, -0.1) is 0 Å². The molecule has 4 aromatic rings. The number of amides is 1. The number of fused-ring (bicyclic) bond motifs is 2. The molecule has 1 amide bonds. The van der Waals surface area contributed by atoms with E-state index < -0.39 is 5.76 Å². The standard InChI is InChI=1S/C19H15N3O3/c1-12-10-15(13-6-2-3-7-14(13)20-12)21-18(23)11-22-16-8-4-5-9-17(16)25-19(22)24/h2-10H,11H2,1H3,(H,20,21,23). The minimum absolute atomic E-state index is 0.119. The Bertz CT molecular complexity index is 1160. The Morgan fingerprint density at radius 1 is 1.16 bits per heavy atom. The van der Waals surface area contributed by atoms with E-state index in [1.54, 1.807) is 24.3 Å². The normalized spacial score (nSPS) is 11.1. The molecule has 0 aliphatic heterocycles. The molecule has 25 heavy (non-hydrogen) atoms. The summed E-state index contributed by atoms with van der Waals surface area (Å²) in [5.41, 5.74) is 3.35. The third-order valence-corrected chi connectivity index (χ3v) is 3.99. The maximum absolute atomic E-state index is 12.5. The Morgan fingerprint density at radius 3 is 2.80 bits per heavy atom. The van der Waals surface area contributed by atoms with Crippen molar-refractivity contribution in [2.24, 2.45) is 0 Å². The minimum atomic E-state index is -0.549. The van der Waals surface area contributed by atoms with E-state index in [4.69, 9.17) is 4.42 Å². The molecule has 2 heterocycles. The Hall–Kier alpha value is -3.41. The van der Waals surface area contributed by atoms with Crippen LogP contribution in [-0.2, 0) is 11.3 Å². The molecule has 0 saturated carbocycles. The van der Waals surface area contributed by atoms with E-state index >= 15 is 0 Å². The van der Waals surface area contributed by atoms with Crippen LogP contribution in [0.5, 0.6) is 0 Å². The number of carbonyl (C=O) groups excluding carboxylic acids is 1. The minimum Gasteiger partial charge on any atom is -0.408 e. The molecule has 124 valence electrons. The first-order valence-electron chi connectivity index (χ1n) is 7.86. The first-order valence-corrected chi connectivity index (χ1v) is 7.86. The smallest absolute Gasteiger partial charge is 0.408 e. The SMILES string of the molecule is Cc1cc(NC(=O)Cn2c(=O)oc3ccccc32)c2ccccc2n1. The van der Waals surface area contributed by atoms with Gasteiger partial charge in [-0.05, 0) is 31.2 Å². The highest BCUT2D eigenvalue weighted by Crippen LogP contribution is 2.23. The highest BCUT2D eigenvalue weighted by molar-refractivity contribution is 6.01. The number of aryl methyl sites for hydroxylation is 1. The molecule has 0 aliphatic rings. The lowest BCUT2D eigenvalue weighted by atomic mass is 10.1. The summed E-state index contributed by atoms with van der Waals surface area (Å²) in [5, 5.41) is 3.73. The second-order valence-corrected chi connectivity index (χ2v) is 5.80. The van der Waals surface area contributed by atoms with Crippen molar-refractivity contribution in [3.05, 3.63) is 70.8 Å². The van der Waals surface area contributed by atoms with Gasteiger partial charge < -0.3 is 9.73 Å². The number of para-hydroxylation sites is 3. The molecule has 1 N–H and O–H groups in total. The molecule has 0 fully saturated rings. The molecule has 0 aliphatic carbocycles. The molecule has 0 radical (unpaired) electrons. The van der Waals surface area contributed by atoms with Crippen LogP contribution < -0.4 is 11.1 Å². The van der Waals surface area contributed by atoms with Gasteiger partial charge in [0.05, 0.1) is 16.7 Å². The molecule has 4 rings (SSSR count). The topological polar surface area (TPSA) is 77.1 Å². The van der Waals surface area contributed by atoms with Crippen molar-refractivity contribution in [2.45, 2.75) is 13.5 Å². The number of oxazole rings is 1. The van der Waals surface area contributed by atoms with Crippen LogP contribution in [0.4, 0.5) is 5.69 Å². The predicted molar refractivity (Wildman–Crippen MR) is 95.6 cm³/mol. The van der Waals surface area contributed by atoms with Gasteiger partial charge in [0.1, 0.15) is 6.54 Å². The van der Waals surface area contributed by atoms with Gasteiger partial charge in [0.15, 0.2) is 5.58 Å². The Labute approximate surface area is 142 Å². The summed E-state index contributed by atoms with van der Waals surface area (Å²) in [4.78, 5) is 29.0. The van der Waals surface area contributed by atoms with E-state index in [1.807, 2.05) is 37.3 Å². The molecule has 6 heteroatoms. The summed E-state index contributed by atoms with van der Waals surface area (Å²) < 4.78 is 6.48. The van der Waals surface area contributed by atoms with Gasteiger partial charge in [-0.3, -0.25) is 14.3 Å². The second-order valence-electron chi connectivity index (χ2n) is 5.80. The monoisotopic (exact) mass is 333 g/mol. The van der Waals surface area contributed by atoms with Crippen LogP contribution in [0.25, 0.3) is 22.0 Å². The third kappa shape index (κ3) is 2.78. The fraction of sp³-hybridized carbons (Fsp3) is 0.105. The van der Waals surface area contributed by atoms with Crippen molar-refractivity contribution >= 4 is 33.6 Å². The molecule has 6 nitrogen and oxygen atoms in total. The number of pyridine rings is 1. The van der Waals surface area contributed by atoms with Gasteiger partial charge in [-0.1, -0.05) is 30.3 Å². The third-order valence-electron chi connectivity index (χ3n) is 3.99. The summed E-state index contributed by atoms with van der Waals surface area (Å²) in [5.74, 6) is -0.850. The number of anilines is 1. The summed E-state index contributed by atoms with van der Waals surface area (Å²) in [6.07, 6.45) is 0. The van der Waals surface area contributed by atoms with E-state index in [-0.39, 0.29) is 12.5 Å². The van der Waals surface area contributed by atoms with Crippen LogP contribution in [0.1, 0.15) is 5.69 Å². The molecule has 0 unspecified atom stereocenters. The average molecular weight is 333 g/mol. The zero-order valence-corrected chi connectivity index (χ0v) is 13.5. The number of nitrogens with one attached hydrogen (secondary N) is 1. The maximum atomic E-state index is 12.5. The Morgan fingerprint density at radius 2 is 1.92 bits per heavy atom. The van der Waals surface area contributed by atoms with Crippen molar-refractivity contribution in [1.82, 2.24) is 9.55 Å². The first kappa shape index (κ1) is 15.1. The van der Waals surface area contributed by atoms with Crippen molar-refractivity contribution in [2.75, 3.05) is 5.32 Å². The summed E-state index contributed by atoms with van der Waals surface area (Å²) >= 11 is 0. The molecule has 0 atom stereocenters. The Kier molecular flexibility index (Phi) is 3.57.